The molecule has 0 aromatic heterocycles. The maximum atomic E-state index is 6.21. The molecule has 1 saturated heterocycles. The maximum absolute atomic E-state index is 6.21. The van der Waals surface area contributed by atoms with E-state index in [2.05, 4.69) is 11.8 Å². The molecule has 3 atom stereocenters. The number of nitrogens with two attached hydrogens (primary N) is 1. The fraction of sp³-hybridized carbons (Fsp3) is 1.00. The van der Waals surface area contributed by atoms with Gasteiger partial charge in [-0.3, -0.25) is 4.90 Å². The summed E-state index contributed by atoms with van der Waals surface area (Å²) in [7, 11) is 1.85. The van der Waals surface area contributed by atoms with Crippen molar-refractivity contribution in [1.82, 2.24) is 4.90 Å². The van der Waals surface area contributed by atoms with Crippen LogP contribution in [0.5, 0.6) is 0 Å². The Morgan fingerprint density at radius 2 is 2.05 bits per heavy atom. The first kappa shape index (κ1) is 15.3. The van der Waals surface area contributed by atoms with E-state index in [1.54, 1.807) is 0 Å². The van der Waals surface area contributed by atoms with Crippen LogP contribution in [-0.2, 0) is 4.74 Å². The van der Waals surface area contributed by atoms with Crippen molar-refractivity contribution in [2.24, 2.45) is 11.7 Å². The molecule has 0 radical (unpaired) electrons. The van der Waals surface area contributed by atoms with Gasteiger partial charge in [-0.1, -0.05) is 13.3 Å². The lowest BCUT2D eigenvalue weighted by molar-refractivity contribution is -0.0212. The fourth-order valence-electron chi connectivity index (χ4n) is 4.14. The fourth-order valence-corrected chi connectivity index (χ4v) is 4.14. The van der Waals surface area contributed by atoms with E-state index in [4.69, 9.17) is 10.5 Å². The van der Waals surface area contributed by atoms with Gasteiger partial charge in [0.25, 0.3) is 0 Å². The van der Waals surface area contributed by atoms with Crippen LogP contribution >= 0.6 is 0 Å². The first-order valence-corrected chi connectivity index (χ1v) is 8.22. The lowest BCUT2D eigenvalue weighted by Crippen LogP contribution is -2.57. The summed E-state index contributed by atoms with van der Waals surface area (Å²) in [5.41, 5.74) is 6.43. The molecule has 3 unspecified atom stereocenters. The predicted molar refractivity (Wildman–Crippen MR) is 80.3 cm³/mol. The predicted octanol–water partition coefficient (Wildman–Crippen LogP) is 2.79. The van der Waals surface area contributed by atoms with E-state index in [0.717, 1.165) is 18.9 Å². The van der Waals surface area contributed by atoms with Gasteiger partial charge in [0.1, 0.15) is 0 Å². The molecule has 0 bridgehead atoms. The second-order valence-electron chi connectivity index (χ2n) is 6.57. The minimum Gasteiger partial charge on any atom is -0.381 e. The topological polar surface area (TPSA) is 38.5 Å². The molecule has 1 saturated carbocycles. The Morgan fingerprint density at radius 3 is 2.74 bits per heavy atom. The monoisotopic (exact) mass is 268 g/mol. The van der Waals surface area contributed by atoms with Gasteiger partial charge in [0.2, 0.25) is 0 Å². The van der Waals surface area contributed by atoms with Crippen LogP contribution in [0.1, 0.15) is 58.3 Å². The zero-order valence-electron chi connectivity index (χ0n) is 12.9. The standard InChI is InChI=1S/C16H32N2O/c1-3-14-6-5-10-18(11-8-14)16(13-17)9-4-7-15(12-16)19-2/h14-15H,3-13,17H2,1-2H3. The van der Waals surface area contributed by atoms with Crippen LogP contribution in [0, 0.1) is 5.92 Å². The number of rotatable bonds is 4. The lowest BCUT2D eigenvalue weighted by atomic mass is 9.78. The van der Waals surface area contributed by atoms with Gasteiger partial charge in [-0.05, 0) is 64.0 Å². The third-order valence-corrected chi connectivity index (χ3v) is 5.59. The van der Waals surface area contributed by atoms with Crippen molar-refractivity contribution in [3.63, 3.8) is 0 Å². The van der Waals surface area contributed by atoms with Gasteiger partial charge < -0.3 is 10.5 Å². The van der Waals surface area contributed by atoms with Crippen LogP contribution in [0.2, 0.25) is 0 Å². The number of ether oxygens (including phenoxy) is 1. The second kappa shape index (κ2) is 7.05. The van der Waals surface area contributed by atoms with E-state index in [1.165, 1.54) is 58.0 Å². The molecule has 1 aliphatic carbocycles. The highest BCUT2D eigenvalue weighted by molar-refractivity contribution is 4.97. The molecule has 1 aliphatic heterocycles. The summed E-state index contributed by atoms with van der Waals surface area (Å²) in [4.78, 5) is 2.72. The average Bonchev–Trinajstić information content (AvgIpc) is 2.73. The molecule has 19 heavy (non-hydrogen) atoms. The number of methoxy groups -OCH3 is 1. The smallest absolute Gasteiger partial charge is 0.0589 e. The van der Waals surface area contributed by atoms with Crippen molar-refractivity contribution in [1.29, 1.82) is 0 Å². The summed E-state index contributed by atoms with van der Waals surface area (Å²) >= 11 is 0. The van der Waals surface area contributed by atoms with Gasteiger partial charge in [0.15, 0.2) is 0 Å². The molecule has 2 fully saturated rings. The van der Waals surface area contributed by atoms with Gasteiger partial charge in [0, 0.05) is 19.2 Å². The van der Waals surface area contributed by atoms with Crippen LogP contribution in [0.25, 0.3) is 0 Å². The second-order valence-corrected chi connectivity index (χ2v) is 6.57. The van der Waals surface area contributed by atoms with Gasteiger partial charge >= 0.3 is 0 Å². The molecule has 1 heterocycles. The zero-order chi connectivity index (χ0) is 13.7. The maximum Gasteiger partial charge on any atom is 0.0589 e. The summed E-state index contributed by atoms with van der Waals surface area (Å²) in [6.07, 6.45) is 10.7. The summed E-state index contributed by atoms with van der Waals surface area (Å²) in [6.45, 7) is 5.61. The highest BCUT2D eigenvalue weighted by Crippen LogP contribution is 2.36. The average molecular weight is 268 g/mol. The van der Waals surface area contributed by atoms with E-state index >= 15 is 0 Å². The number of hydrogen-bond donors (Lipinski definition) is 1. The van der Waals surface area contributed by atoms with Crippen LogP contribution in [0.15, 0.2) is 0 Å². The third kappa shape index (κ3) is 3.50. The van der Waals surface area contributed by atoms with E-state index in [-0.39, 0.29) is 5.54 Å². The van der Waals surface area contributed by atoms with Gasteiger partial charge in [-0.2, -0.15) is 0 Å². The van der Waals surface area contributed by atoms with E-state index in [0.29, 0.717) is 6.10 Å². The molecule has 0 spiro atoms. The molecule has 112 valence electrons. The highest BCUT2D eigenvalue weighted by atomic mass is 16.5. The Balaban J connectivity index is 2.03. The van der Waals surface area contributed by atoms with Crippen molar-refractivity contribution in [2.75, 3.05) is 26.7 Å². The molecule has 2 aliphatic rings. The van der Waals surface area contributed by atoms with E-state index in [9.17, 15) is 0 Å². The molecular formula is C16H32N2O. The lowest BCUT2D eigenvalue weighted by Gasteiger charge is -2.47. The SMILES string of the molecule is CCC1CCCN(C2(CN)CCCC(OC)C2)CC1. The van der Waals surface area contributed by atoms with Crippen LogP contribution in [-0.4, -0.2) is 43.3 Å². The Bertz CT molecular complexity index is 271. The molecule has 2 N–H and O–H groups in total. The molecule has 3 heteroatoms. The zero-order valence-corrected chi connectivity index (χ0v) is 12.9. The third-order valence-electron chi connectivity index (χ3n) is 5.59. The molecular weight excluding hydrogens is 236 g/mol. The van der Waals surface area contributed by atoms with Crippen LogP contribution in [0.4, 0.5) is 0 Å². The summed E-state index contributed by atoms with van der Waals surface area (Å²) in [6, 6.07) is 0. The van der Waals surface area contributed by atoms with Gasteiger partial charge in [-0.15, -0.1) is 0 Å². The molecule has 2 rings (SSSR count). The van der Waals surface area contributed by atoms with Crippen molar-refractivity contribution < 1.29 is 4.74 Å². The van der Waals surface area contributed by atoms with Crippen LogP contribution in [0.3, 0.4) is 0 Å². The van der Waals surface area contributed by atoms with E-state index in [1.807, 2.05) is 7.11 Å². The van der Waals surface area contributed by atoms with Gasteiger partial charge in [0.05, 0.1) is 6.10 Å². The molecule has 0 aromatic rings. The number of nitrogens with zero attached hydrogens (tertiary/aromatic N) is 1. The summed E-state index contributed by atoms with van der Waals surface area (Å²) < 4.78 is 5.63. The first-order valence-electron chi connectivity index (χ1n) is 8.22. The van der Waals surface area contributed by atoms with E-state index < -0.39 is 0 Å². The van der Waals surface area contributed by atoms with Crippen molar-refractivity contribution in [3.8, 4) is 0 Å². The Kier molecular flexibility index (Phi) is 5.67. The quantitative estimate of drug-likeness (QED) is 0.852. The number of likely N-dealkylation sites (tertiary alicyclic amines) is 1. The van der Waals surface area contributed by atoms with Crippen molar-refractivity contribution >= 4 is 0 Å². The normalized spacial score (nSPS) is 38.1. The highest BCUT2D eigenvalue weighted by Gasteiger charge is 2.40. The molecule has 3 nitrogen and oxygen atoms in total. The Hall–Kier alpha value is -0.120. The first-order chi connectivity index (χ1) is 9.24. The van der Waals surface area contributed by atoms with Gasteiger partial charge in [-0.25, -0.2) is 0 Å². The van der Waals surface area contributed by atoms with Crippen molar-refractivity contribution in [2.45, 2.75) is 69.9 Å². The molecule has 0 amide bonds. The van der Waals surface area contributed by atoms with Crippen molar-refractivity contribution in [3.05, 3.63) is 0 Å². The Labute approximate surface area is 118 Å². The number of hydrogen-bond acceptors (Lipinski definition) is 3. The van der Waals surface area contributed by atoms with Crippen LogP contribution < -0.4 is 5.73 Å². The minimum atomic E-state index is 0.224. The molecule has 0 aromatic carbocycles. The summed E-state index contributed by atoms with van der Waals surface area (Å²) in [5.74, 6) is 0.932. The Morgan fingerprint density at radius 1 is 1.21 bits per heavy atom. The summed E-state index contributed by atoms with van der Waals surface area (Å²) in [5, 5.41) is 0. The minimum absolute atomic E-state index is 0.224. The largest absolute Gasteiger partial charge is 0.381 e.